The minimum Gasteiger partial charge on any atom is -0.387 e. The van der Waals surface area contributed by atoms with Gasteiger partial charge in [0, 0.05) is 6.42 Å². The summed E-state index contributed by atoms with van der Waals surface area (Å²) < 4.78 is 0. The molecule has 1 aliphatic rings. The van der Waals surface area contributed by atoms with Crippen molar-refractivity contribution in [1.29, 1.82) is 0 Å². The summed E-state index contributed by atoms with van der Waals surface area (Å²) in [7, 11) is 0. The SMILES string of the molecule is CCC[C@H]1N=C(N)C[C@@H]1C. The summed E-state index contributed by atoms with van der Waals surface area (Å²) in [5.41, 5.74) is 5.60. The van der Waals surface area contributed by atoms with Crippen LogP contribution in [0.15, 0.2) is 4.99 Å². The van der Waals surface area contributed by atoms with Crippen LogP contribution in [0.2, 0.25) is 0 Å². The van der Waals surface area contributed by atoms with Gasteiger partial charge in [-0.05, 0) is 12.3 Å². The summed E-state index contributed by atoms with van der Waals surface area (Å²) in [6, 6.07) is 0.519. The lowest BCUT2D eigenvalue weighted by Gasteiger charge is -2.09. The maximum Gasteiger partial charge on any atom is 0.0944 e. The number of aliphatic imine (C=N–C) groups is 1. The normalized spacial score (nSPS) is 32.4. The van der Waals surface area contributed by atoms with E-state index in [0.717, 1.165) is 12.3 Å². The highest BCUT2D eigenvalue weighted by atomic mass is 14.9. The van der Waals surface area contributed by atoms with Gasteiger partial charge < -0.3 is 5.73 Å². The summed E-state index contributed by atoms with van der Waals surface area (Å²) in [4.78, 5) is 4.35. The molecule has 0 amide bonds. The molecule has 0 fully saturated rings. The van der Waals surface area contributed by atoms with Gasteiger partial charge in [-0.15, -0.1) is 0 Å². The fourth-order valence-electron chi connectivity index (χ4n) is 1.50. The summed E-state index contributed by atoms with van der Waals surface area (Å²) in [5.74, 6) is 1.53. The third kappa shape index (κ3) is 1.49. The molecule has 58 valence electrons. The van der Waals surface area contributed by atoms with E-state index in [0.29, 0.717) is 12.0 Å². The molecule has 1 heterocycles. The number of hydrogen-bond donors (Lipinski definition) is 1. The molecule has 10 heavy (non-hydrogen) atoms. The number of nitrogens with two attached hydrogens (primary N) is 1. The molecule has 0 aromatic heterocycles. The van der Waals surface area contributed by atoms with E-state index in [1.165, 1.54) is 12.8 Å². The number of amidine groups is 1. The number of nitrogens with zero attached hydrogens (tertiary/aromatic N) is 1. The minimum atomic E-state index is 0.519. The Morgan fingerprint density at radius 1 is 1.70 bits per heavy atom. The highest BCUT2D eigenvalue weighted by molar-refractivity contribution is 5.82. The summed E-state index contributed by atoms with van der Waals surface area (Å²) in [6.45, 7) is 4.42. The standard InChI is InChI=1S/C8H16N2/c1-3-4-7-6(2)5-8(9)10-7/h6-7H,3-5H2,1-2H3,(H2,9,10)/t6-,7+/m0/s1. The predicted octanol–water partition coefficient (Wildman–Crippen LogP) is 1.55. The molecule has 1 rings (SSSR count). The molecule has 2 N–H and O–H groups in total. The largest absolute Gasteiger partial charge is 0.387 e. The Morgan fingerprint density at radius 2 is 2.40 bits per heavy atom. The van der Waals surface area contributed by atoms with Gasteiger partial charge in [-0.25, -0.2) is 0 Å². The van der Waals surface area contributed by atoms with Crippen LogP contribution in [0.1, 0.15) is 33.1 Å². The van der Waals surface area contributed by atoms with Gasteiger partial charge in [0.2, 0.25) is 0 Å². The lowest BCUT2D eigenvalue weighted by Crippen LogP contribution is -2.10. The van der Waals surface area contributed by atoms with Gasteiger partial charge in [-0.1, -0.05) is 20.3 Å². The van der Waals surface area contributed by atoms with E-state index in [-0.39, 0.29) is 0 Å². The third-order valence-corrected chi connectivity index (χ3v) is 2.10. The highest BCUT2D eigenvalue weighted by Crippen LogP contribution is 2.22. The molecule has 2 nitrogen and oxygen atoms in total. The number of rotatable bonds is 2. The highest BCUT2D eigenvalue weighted by Gasteiger charge is 2.22. The maximum absolute atomic E-state index is 5.60. The van der Waals surface area contributed by atoms with E-state index in [1.807, 2.05) is 0 Å². The zero-order valence-corrected chi connectivity index (χ0v) is 6.80. The average molecular weight is 140 g/mol. The van der Waals surface area contributed by atoms with Crippen molar-refractivity contribution in [3.05, 3.63) is 0 Å². The van der Waals surface area contributed by atoms with Gasteiger partial charge in [0.15, 0.2) is 0 Å². The Labute approximate surface area is 62.5 Å². The average Bonchev–Trinajstić information content (AvgIpc) is 2.13. The smallest absolute Gasteiger partial charge is 0.0944 e. The molecule has 0 unspecified atom stereocenters. The lowest BCUT2D eigenvalue weighted by molar-refractivity contribution is 0.471. The van der Waals surface area contributed by atoms with Gasteiger partial charge >= 0.3 is 0 Å². The van der Waals surface area contributed by atoms with Crippen molar-refractivity contribution in [2.45, 2.75) is 39.2 Å². The van der Waals surface area contributed by atoms with E-state index < -0.39 is 0 Å². The molecule has 0 radical (unpaired) electrons. The van der Waals surface area contributed by atoms with Crippen LogP contribution in [0, 0.1) is 5.92 Å². The summed E-state index contributed by atoms with van der Waals surface area (Å²) in [6.07, 6.45) is 3.42. The van der Waals surface area contributed by atoms with E-state index in [2.05, 4.69) is 18.8 Å². The topological polar surface area (TPSA) is 38.4 Å². The first-order chi connectivity index (χ1) is 4.74. The second-order valence-electron chi connectivity index (χ2n) is 3.16. The van der Waals surface area contributed by atoms with Crippen molar-refractivity contribution >= 4 is 5.84 Å². The van der Waals surface area contributed by atoms with Crippen molar-refractivity contribution in [2.24, 2.45) is 16.6 Å². The number of hydrogen-bond acceptors (Lipinski definition) is 2. The molecule has 0 aromatic rings. The van der Waals surface area contributed by atoms with Crippen molar-refractivity contribution in [2.75, 3.05) is 0 Å². The molecular weight excluding hydrogens is 124 g/mol. The molecule has 2 atom stereocenters. The molecule has 1 aliphatic heterocycles. The Bertz CT molecular complexity index is 140. The summed E-state index contributed by atoms with van der Waals surface area (Å²) in [5, 5.41) is 0. The van der Waals surface area contributed by atoms with Crippen molar-refractivity contribution in [1.82, 2.24) is 0 Å². The summed E-state index contributed by atoms with van der Waals surface area (Å²) >= 11 is 0. The zero-order chi connectivity index (χ0) is 7.56. The van der Waals surface area contributed by atoms with Gasteiger partial charge in [-0.3, -0.25) is 4.99 Å². The van der Waals surface area contributed by atoms with Gasteiger partial charge in [0.25, 0.3) is 0 Å². The van der Waals surface area contributed by atoms with Crippen molar-refractivity contribution in [3.63, 3.8) is 0 Å². The second kappa shape index (κ2) is 3.04. The first kappa shape index (κ1) is 7.58. The molecular formula is C8H16N2. The molecule has 0 bridgehead atoms. The van der Waals surface area contributed by atoms with E-state index in [1.54, 1.807) is 0 Å². The van der Waals surface area contributed by atoms with Crippen LogP contribution < -0.4 is 5.73 Å². The molecule has 0 aromatic carbocycles. The Balaban J connectivity index is 2.44. The minimum absolute atomic E-state index is 0.519. The molecule has 2 heteroatoms. The van der Waals surface area contributed by atoms with Crippen LogP contribution >= 0.6 is 0 Å². The van der Waals surface area contributed by atoms with Crippen LogP contribution in [0.4, 0.5) is 0 Å². The second-order valence-corrected chi connectivity index (χ2v) is 3.16. The van der Waals surface area contributed by atoms with Crippen LogP contribution in [0.25, 0.3) is 0 Å². The first-order valence-corrected chi connectivity index (χ1v) is 4.06. The van der Waals surface area contributed by atoms with Crippen LogP contribution in [-0.4, -0.2) is 11.9 Å². The van der Waals surface area contributed by atoms with Gasteiger partial charge in [0.05, 0.1) is 11.9 Å². The quantitative estimate of drug-likeness (QED) is 0.621. The third-order valence-electron chi connectivity index (χ3n) is 2.10. The van der Waals surface area contributed by atoms with Crippen LogP contribution in [0.5, 0.6) is 0 Å². The fraction of sp³-hybridized carbons (Fsp3) is 0.875. The fourth-order valence-corrected chi connectivity index (χ4v) is 1.50. The van der Waals surface area contributed by atoms with Gasteiger partial charge in [0.1, 0.15) is 0 Å². The molecule has 0 spiro atoms. The zero-order valence-electron chi connectivity index (χ0n) is 6.80. The molecule has 0 saturated carbocycles. The van der Waals surface area contributed by atoms with E-state index in [4.69, 9.17) is 5.73 Å². The Morgan fingerprint density at radius 3 is 2.80 bits per heavy atom. The van der Waals surface area contributed by atoms with Crippen LogP contribution in [-0.2, 0) is 0 Å². The Hall–Kier alpha value is -0.530. The van der Waals surface area contributed by atoms with Gasteiger partial charge in [-0.2, -0.15) is 0 Å². The maximum atomic E-state index is 5.60. The Kier molecular flexibility index (Phi) is 2.30. The predicted molar refractivity (Wildman–Crippen MR) is 44.1 cm³/mol. The molecule has 0 aliphatic carbocycles. The van der Waals surface area contributed by atoms with Crippen molar-refractivity contribution in [3.8, 4) is 0 Å². The van der Waals surface area contributed by atoms with Crippen LogP contribution in [0.3, 0.4) is 0 Å². The monoisotopic (exact) mass is 140 g/mol. The molecule has 0 saturated heterocycles. The van der Waals surface area contributed by atoms with E-state index >= 15 is 0 Å². The van der Waals surface area contributed by atoms with Crippen molar-refractivity contribution < 1.29 is 0 Å². The lowest BCUT2D eigenvalue weighted by atomic mass is 9.98. The van der Waals surface area contributed by atoms with E-state index in [9.17, 15) is 0 Å². The first-order valence-electron chi connectivity index (χ1n) is 4.06.